The number of rotatable bonds is 9. The van der Waals surface area contributed by atoms with Crippen molar-refractivity contribution in [2.24, 2.45) is 5.92 Å². The van der Waals surface area contributed by atoms with Crippen LogP contribution in [0.15, 0.2) is 72.8 Å². The molecule has 0 spiro atoms. The Labute approximate surface area is 195 Å². The Morgan fingerprint density at radius 2 is 1.76 bits per heavy atom. The fourth-order valence-corrected chi connectivity index (χ4v) is 4.31. The zero-order valence-corrected chi connectivity index (χ0v) is 18.4. The highest BCUT2D eigenvalue weighted by Gasteiger charge is 2.57. The number of alkyl halides is 1. The highest BCUT2D eigenvalue weighted by Crippen LogP contribution is 2.51. The molecule has 3 atom stereocenters. The van der Waals surface area contributed by atoms with Gasteiger partial charge in [-0.25, -0.2) is 13.6 Å². The third kappa shape index (κ3) is 5.02. The van der Waals surface area contributed by atoms with Crippen LogP contribution in [0.1, 0.15) is 29.9 Å². The van der Waals surface area contributed by atoms with Gasteiger partial charge in [-0.2, -0.15) is 0 Å². The molecule has 0 amide bonds. The molecule has 4 rings (SSSR count). The Hall–Kier alpha value is -2.96. The first-order chi connectivity index (χ1) is 15.8. The smallest absolute Gasteiger partial charge is 0.344 e. The SMILES string of the molecule is O=C(O)[C@](F)([C@H](O)Cc1ccc(F)c(Oc2ccccc2)c1)[C@H](c1ccc(Cl)cc1)C1CC1. The van der Waals surface area contributed by atoms with E-state index in [2.05, 4.69) is 0 Å². The van der Waals surface area contributed by atoms with Gasteiger partial charge in [0.05, 0.1) is 0 Å². The van der Waals surface area contributed by atoms with E-state index >= 15 is 4.39 Å². The van der Waals surface area contributed by atoms with Gasteiger partial charge in [-0.15, -0.1) is 0 Å². The van der Waals surface area contributed by atoms with Gasteiger partial charge < -0.3 is 14.9 Å². The molecule has 7 heteroatoms. The van der Waals surface area contributed by atoms with Gasteiger partial charge in [0.2, 0.25) is 5.67 Å². The molecule has 4 nitrogen and oxygen atoms in total. The van der Waals surface area contributed by atoms with Crippen molar-refractivity contribution in [3.8, 4) is 11.5 Å². The normalized spacial score (nSPS) is 17.1. The molecule has 1 saturated carbocycles. The Morgan fingerprint density at radius 3 is 2.36 bits per heavy atom. The lowest BCUT2D eigenvalue weighted by Gasteiger charge is -2.35. The van der Waals surface area contributed by atoms with Gasteiger partial charge in [0.1, 0.15) is 11.9 Å². The van der Waals surface area contributed by atoms with E-state index in [4.69, 9.17) is 16.3 Å². The zero-order valence-electron chi connectivity index (χ0n) is 17.6. The molecule has 3 aromatic carbocycles. The number of para-hydroxylation sites is 1. The van der Waals surface area contributed by atoms with E-state index in [0.29, 0.717) is 34.7 Å². The van der Waals surface area contributed by atoms with Crippen molar-refractivity contribution in [2.75, 3.05) is 0 Å². The number of ether oxygens (including phenoxy) is 1. The second-order valence-corrected chi connectivity index (χ2v) is 8.78. The molecule has 0 unspecified atom stereocenters. The van der Waals surface area contributed by atoms with Crippen LogP contribution in [-0.2, 0) is 11.2 Å². The van der Waals surface area contributed by atoms with Gasteiger partial charge in [0, 0.05) is 17.4 Å². The van der Waals surface area contributed by atoms with Crippen molar-refractivity contribution in [3.63, 3.8) is 0 Å². The monoisotopic (exact) mass is 472 g/mol. The van der Waals surface area contributed by atoms with Crippen molar-refractivity contribution in [2.45, 2.75) is 37.0 Å². The number of hydrogen-bond donors (Lipinski definition) is 2. The van der Waals surface area contributed by atoms with Crippen LogP contribution < -0.4 is 4.74 Å². The number of carboxylic acid groups (broad SMARTS) is 1. The molecule has 0 bridgehead atoms. The first-order valence-electron chi connectivity index (χ1n) is 10.7. The molecule has 172 valence electrons. The molecule has 2 N–H and O–H groups in total. The lowest BCUT2D eigenvalue weighted by Crippen LogP contribution is -2.52. The third-order valence-corrected chi connectivity index (χ3v) is 6.24. The molecular formula is C26H23ClF2O4. The van der Waals surface area contributed by atoms with E-state index in [9.17, 15) is 19.4 Å². The molecule has 1 fully saturated rings. The molecule has 1 aliphatic carbocycles. The topological polar surface area (TPSA) is 66.8 Å². The predicted octanol–water partition coefficient (Wildman–Crippen LogP) is 6.16. The largest absolute Gasteiger partial charge is 0.479 e. The Balaban J connectivity index is 1.62. The van der Waals surface area contributed by atoms with Crippen molar-refractivity contribution in [3.05, 3.63) is 94.8 Å². The minimum absolute atomic E-state index is 0.0953. The van der Waals surface area contributed by atoms with Crippen molar-refractivity contribution >= 4 is 17.6 Å². The first-order valence-corrected chi connectivity index (χ1v) is 11.0. The Morgan fingerprint density at radius 1 is 1.09 bits per heavy atom. The highest BCUT2D eigenvalue weighted by atomic mass is 35.5. The van der Waals surface area contributed by atoms with Gasteiger partial charge in [-0.3, -0.25) is 0 Å². The van der Waals surface area contributed by atoms with Crippen molar-refractivity contribution < 1.29 is 28.5 Å². The van der Waals surface area contributed by atoms with Gasteiger partial charge >= 0.3 is 5.97 Å². The number of carboxylic acids is 1. The van der Waals surface area contributed by atoms with Crippen molar-refractivity contribution in [1.29, 1.82) is 0 Å². The first kappa shape index (κ1) is 23.2. The van der Waals surface area contributed by atoms with Crippen LogP contribution >= 0.6 is 11.6 Å². The molecule has 0 radical (unpaired) electrons. The molecule has 3 aromatic rings. The van der Waals surface area contributed by atoms with E-state index in [-0.39, 0.29) is 18.1 Å². The molecule has 0 saturated heterocycles. The summed E-state index contributed by atoms with van der Waals surface area (Å²) in [7, 11) is 0. The number of benzene rings is 3. The molecular weight excluding hydrogens is 450 g/mol. The minimum atomic E-state index is -2.94. The maximum absolute atomic E-state index is 16.3. The zero-order chi connectivity index (χ0) is 23.6. The van der Waals surface area contributed by atoms with E-state index < -0.39 is 29.5 Å². The number of aliphatic carboxylic acids is 1. The second-order valence-electron chi connectivity index (χ2n) is 8.34. The predicted molar refractivity (Wildman–Crippen MR) is 121 cm³/mol. The van der Waals surface area contributed by atoms with E-state index in [1.165, 1.54) is 12.1 Å². The van der Waals surface area contributed by atoms with Crippen LogP contribution in [0.2, 0.25) is 5.02 Å². The fraction of sp³-hybridized carbons (Fsp3) is 0.269. The molecule has 33 heavy (non-hydrogen) atoms. The fourth-order valence-electron chi connectivity index (χ4n) is 4.18. The number of aliphatic hydroxyl groups excluding tert-OH is 1. The molecule has 0 aromatic heterocycles. The standard InChI is InChI=1S/C26H23ClF2O4/c27-19-11-9-18(10-12-19)24(17-7-8-17)26(29,25(31)32)23(30)15-16-6-13-21(28)22(14-16)33-20-4-2-1-3-5-20/h1-6,9-14,17,23-24,30H,7-8,15H2,(H,31,32)/t23-,24+,26+/m1/s1. The van der Waals surface area contributed by atoms with Gasteiger partial charge in [0.15, 0.2) is 11.6 Å². The summed E-state index contributed by atoms with van der Waals surface area (Å²) in [5, 5.41) is 21.2. The lowest BCUT2D eigenvalue weighted by molar-refractivity contribution is -0.163. The van der Waals surface area contributed by atoms with E-state index in [0.717, 1.165) is 6.07 Å². The van der Waals surface area contributed by atoms with Gasteiger partial charge in [-0.05, 0) is 66.3 Å². The maximum Gasteiger partial charge on any atom is 0.344 e. The molecule has 0 aliphatic heterocycles. The Bertz CT molecular complexity index is 1120. The highest BCUT2D eigenvalue weighted by molar-refractivity contribution is 6.30. The summed E-state index contributed by atoms with van der Waals surface area (Å²) in [5.74, 6) is -3.28. The minimum Gasteiger partial charge on any atom is -0.479 e. The summed E-state index contributed by atoms with van der Waals surface area (Å²) in [4.78, 5) is 12.2. The second kappa shape index (κ2) is 9.49. The summed E-state index contributed by atoms with van der Waals surface area (Å²) in [5.41, 5.74) is -2.12. The molecule has 0 heterocycles. The van der Waals surface area contributed by atoms with Crippen LogP contribution in [0, 0.1) is 11.7 Å². The number of aliphatic hydroxyl groups is 1. The van der Waals surface area contributed by atoms with E-state index in [1.54, 1.807) is 54.6 Å². The van der Waals surface area contributed by atoms with Crippen LogP contribution in [0.3, 0.4) is 0 Å². The number of hydrogen-bond acceptors (Lipinski definition) is 3. The summed E-state index contributed by atoms with van der Waals surface area (Å²) in [6.45, 7) is 0. The maximum atomic E-state index is 16.3. The molecule has 1 aliphatic rings. The lowest BCUT2D eigenvalue weighted by atomic mass is 9.75. The van der Waals surface area contributed by atoms with Crippen LogP contribution in [0.4, 0.5) is 8.78 Å². The van der Waals surface area contributed by atoms with Crippen LogP contribution in [-0.4, -0.2) is 28.0 Å². The Kier molecular flexibility index (Phi) is 6.68. The average molecular weight is 473 g/mol. The summed E-state index contributed by atoms with van der Waals surface area (Å²) >= 11 is 5.94. The quantitative estimate of drug-likeness (QED) is 0.391. The van der Waals surface area contributed by atoms with Gasteiger partial charge in [-0.1, -0.05) is 48.0 Å². The number of halogens is 3. The van der Waals surface area contributed by atoms with Crippen molar-refractivity contribution in [1.82, 2.24) is 0 Å². The average Bonchev–Trinajstić information content (AvgIpc) is 3.63. The number of carbonyl (C=O) groups is 1. The van der Waals surface area contributed by atoms with E-state index in [1.807, 2.05) is 0 Å². The van der Waals surface area contributed by atoms with Crippen LogP contribution in [0.25, 0.3) is 0 Å². The summed E-state index contributed by atoms with van der Waals surface area (Å²) in [6, 6.07) is 18.8. The summed E-state index contributed by atoms with van der Waals surface area (Å²) in [6.07, 6.45) is -0.855. The summed E-state index contributed by atoms with van der Waals surface area (Å²) < 4.78 is 36.1. The van der Waals surface area contributed by atoms with Crippen LogP contribution in [0.5, 0.6) is 11.5 Å². The van der Waals surface area contributed by atoms with Gasteiger partial charge in [0.25, 0.3) is 0 Å². The third-order valence-electron chi connectivity index (χ3n) is 5.98.